The van der Waals surface area contributed by atoms with Crippen molar-refractivity contribution in [1.29, 1.82) is 0 Å². The number of amides is 1. The van der Waals surface area contributed by atoms with Crippen molar-refractivity contribution in [2.24, 2.45) is 0 Å². The van der Waals surface area contributed by atoms with Gasteiger partial charge in [0.15, 0.2) is 0 Å². The standard InChI is InChI=1S/C18H16N4O3/c23-16-13-9-12(10-19-15(13)20-18(25)21-16)17(24)22-8-4-7-14(22)11-5-2-1-3-6-11/h1-3,5-6,9-10,14H,4,7-8H2,(H2,19,20,21,23,25). The van der Waals surface area contributed by atoms with Gasteiger partial charge in [-0.25, -0.2) is 9.78 Å². The van der Waals surface area contributed by atoms with Gasteiger partial charge in [0, 0.05) is 12.7 Å². The maximum absolute atomic E-state index is 13.0. The second kappa shape index (κ2) is 6.01. The lowest BCUT2D eigenvalue weighted by Gasteiger charge is -2.25. The molecule has 1 fully saturated rings. The molecule has 1 unspecified atom stereocenters. The molecule has 1 saturated heterocycles. The third-order valence-electron chi connectivity index (χ3n) is 4.54. The number of aromatic nitrogens is 3. The number of carbonyl (C=O) groups is 1. The fourth-order valence-electron chi connectivity index (χ4n) is 3.36. The fourth-order valence-corrected chi connectivity index (χ4v) is 3.36. The van der Waals surface area contributed by atoms with Gasteiger partial charge in [-0.3, -0.25) is 19.6 Å². The molecule has 1 atom stereocenters. The van der Waals surface area contributed by atoms with Crippen LogP contribution >= 0.6 is 0 Å². The molecule has 2 aromatic heterocycles. The lowest BCUT2D eigenvalue weighted by Crippen LogP contribution is -2.31. The number of carbonyl (C=O) groups excluding carboxylic acids is 1. The molecule has 3 heterocycles. The molecule has 0 saturated carbocycles. The number of nitrogens with zero attached hydrogens (tertiary/aromatic N) is 2. The van der Waals surface area contributed by atoms with Gasteiger partial charge in [0.2, 0.25) is 0 Å². The quantitative estimate of drug-likeness (QED) is 0.742. The maximum Gasteiger partial charge on any atom is 0.327 e. The summed E-state index contributed by atoms with van der Waals surface area (Å²) in [5, 5.41) is 0.195. The largest absolute Gasteiger partial charge is 0.332 e. The third-order valence-corrected chi connectivity index (χ3v) is 4.54. The van der Waals surface area contributed by atoms with Gasteiger partial charge in [-0.05, 0) is 24.5 Å². The molecule has 3 aromatic rings. The van der Waals surface area contributed by atoms with Gasteiger partial charge >= 0.3 is 5.69 Å². The van der Waals surface area contributed by atoms with Gasteiger partial charge in [0.1, 0.15) is 5.65 Å². The lowest BCUT2D eigenvalue weighted by molar-refractivity contribution is 0.0735. The van der Waals surface area contributed by atoms with Crippen molar-refractivity contribution >= 4 is 16.9 Å². The van der Waals surface area contributed by atoms with E-state index in [2.05, 4.69) is 15.0 Å². The number of H-pyrrole nitrogens is 2. The predicted octanol–water partition coefficient (Wildman–Crippen LogP) is 1.59. The van der Waals surface area contributed by atoms with E-state index in [1.54, 1.807) is 0 Å². The molecule has 0 spiro atoms. The zero-order chi connectivity index (χ0) is 17.4. The number of benzene rings is 1. The average molecular weight is 336 g/mol. The molecule has 2 N–H and O–H groups in total. The van der Waals surface area contributed by atoms with Crippen LogP contribution in [0.3, 0.4) is 0 Å². The Hall–Kier alpha value is -3.22. The molecular weight excluding hydrogens is 320 g/mol. The normalized spacial score (nSPS) is 17.1. The number of aromatic amines is 2. The highest BCUT2D eigenvalue weighted by atomic mass is 16.2. The highest BCUT2D eigenvalue weighted by Crippen LogP contribution is 2.32. The van der Waals surface area contributed by atoms with Gasteiger partial charge < -0.3 is 4.90 Å². The Kier molecular flexibility index (Phi) is 3.68. The van der Waals surface area contributed by atoms with Crippen LogP contribution in [0.1, 0.15) is 34.8 Å². The first kappa shape index (κ1) is 15.3. The molecule has 0 aliphatic carbocycles. The third kappa shape index (κ3) is 2.73. The number of pyridine rings is 1. The van der Waals surface area contributed by atoms with Crippen LogP contribution in [-0.4, -0.2) is 32.3 Å². The van der Waals surface area contributed by atoms with Crippen molar-refractivity contribution in [1.82, 2.24) is 19.9 Å². The summed E-state index contributed by atoms with van der Waals surface area (Å²) in [6.07, 6.45) is 3.24. The highest BCUT2D eigenvalue weighted by molar-refractivity contribution is 5.97. The fraction of sp³-hybridized carbons (Fsp3) is 0.222. The summed E-state index contributed by atoms with van der Waals surface area (Å²) < 4.78 is 0. The Morgan fingerprint density at radius 1 is 1.16 bits per heavy atom. The highest BCUT2D eigenvalue weighted by Gasteiger charge is 2.30. The van der Waals surface area contributed by atoms with Gasteiger partial charge in [0.05, 0.1) is 17.0 Å². The second-order valence-electron chi connectivity index (χ2n) is 6.10. The van der Waals surface area contributed by atoms with E-state index in [0.717, 1.165) is 18.4 Å². The average Bonchev–Trinajstić information content (AvgIpc) is 3.11. The van der Waals surface area contributed by atoms with Crippen LogP contribution in [0.2, 0.25) is 0 Å². The van der Waals surface area contributed by atoms with Crippen molar-refractivity contribution in [3.63, 3.8) is 0 Å². The second-order valence-corrected chi connectivity index (χ2v) is 6.10. The molecule has 7 heteroatoms. The first-order valence-corrected chi connectivity index (χ1v) is 8.12. The summed E-state index contributed by atoms with van der Waals surface area (Å²) in [4.78, 5) is 46.7. The van der Waals surface area contributed by atoms with Crippen molar-refractivity contribution in [2.45, 2.75) is 18.9 Å². The number of likely N-dealkylation sites (tertiary alicyclic amines) is 1. The predicted molar refractivity (Wildman–Crippen MR) is 92.4 cm³/mol. The zero-order valence-electron chi connectivity index (χ0n) is 13.4. The summed E-state index contributed by atoms with van der Waals surface area (Å²) in [5.41, 5.74) is 0.443. The summed E-state index contributed by atoms with van der Waals surface area (Å²) in [5.74, 6) is -0.161. The topological polar surface area (TPSA) is 98.9 Å². The Balaban J connectivity index is 1.72. The van der Waals surface area contributed by atoms with E-state index in [4.69, 9.17) is 0 Å². The summed E-state index contributed by atoms with van der Waals surface area (Å²) in [6, 6.07) is 11.4. The van der Waals surface area contributed by atoms with Gasteiger partial charge in [-0.15, -0.1) is 0 Å². The summed E-state index contributed by atoms with van der Waals surface area (Å²) in [7, 11) is 0. The van der Waals surface area contributed by atoms with E-state index in [1.807, 2.05) is 35.2 Å². The van der Waals surface area contributed by atoms with Crippen molar-refractivity contribution in [3.8, 4) is 0 Å². The Morgan fingerprint density at radius 2 is 1.96 bits per heavy atom. The molecular formula is C18H16N4O3. The number of fused-ring (bicyclic) bond motifs is 1. The van der Waals surface area contributed by atoms with Crippen LogP contribution in [0.5, 0.6) is 0 Å². The minimum Gasteiger partial charge on any atom is -0.332 e. The Morgan fingerprint density at radius 3 is 2.76 bits per heavy atom. The molecule has 4 rings (SSSR count). The van der Waals surface area contributed by atoms with Gasteiger partial charge in [0.25, 0.3) is 11.5 Å². The van der Waals surface area contributed by atoms with Crippen molar-refractivity contribution in [2.75, 3.05) is 6.54 Å². The lowest BCUT2D eigenvalue weighted by atomic mass is 10.0. The molecule has 1 amide bonds. The van der Waals surface area contributed by atoms with Gasteiger partial charge in [-0.1, -0.05) is 30.3 Å². The minimum absolute atomic E-state index is 0.0262. The van der Waals surface area contributed by atoms with Crippen LogP contribution < -0.4 is 11.2 Å². The Labute approximate surface area is 142 Å². The number of hydrogen-bond acceptors (Lipinski definition) is 4. The molecule has 1 aliphatic rings. The number of nitrogens with one attached hydrogen (secondary N) is 2. The molecule has 1 aliphatic heterocycles. The van der Waals surface area contributed by atoms with Crippen LogP contribution in [0.15, 0.2) is 52.2 Å². The van der Waals surface area contributed by atoms with Crippen LogP contribution in [0, 0.1) is 0 Å². The van der Waals surface area contributed by atoms with Crippen molar-refractivity contribution < 1.29 is 4.79 Å². The monoisotopic (exact) mass is 336 g/mol. The minimum atomic E-state index is -0.618. The number of rotatable bonds is 2. The summed E-state index contributed by atoms with van der Waals surface area (Å²) in [6.45, 7) is 0.665. The van der Waals surface area contributed by atoms with E-state index in [1.165, 1.54) is 12.3 Å². The molecule has 0 radical (unpaired) electrons. The number of hydrogen-bond donors (Lipinski definition) is 2. The van der Waals surface area contributed by atoms with E-state index in [9.17, 15) is 14.4 Å². The summed E-state index contributed by atoms with van der Waals surface area (Å²) >= 11 is 0. The first-order chi connectivity index (χ1) is 12.1. The first-order valence-electron chi connectivity index (χ1n) is 8.12. The van der Waals surface area contributed by atoms with Crippen LogP contribution in [0.25, 0.3) is 11.0 Å². The zero-order valence-corrected chi connectivity index (χ0v) is 13.4. The van der Waals surface area contributed by atoms with Crippen LogP contribution in [-0.2, 0) is 0 Å². The molecule has 1 aromatic carbocycles. The molecule has 0 bridgehead atoms. The SMILES string of the molecule is O=C(c1cnc2[nH]c(=O)[nH]c(=O)c2c1)N1CCCC1c1ccccc1. The van der Waals surface area contributed by atoms with E-state index in [0.29, 0.717) is 12.1 Å². The smallest absolute Gasteiger partial charge is 0.327 e. The maximum atomic E-state index is 13.0. The molecule has 126 valence electrons. The van der Waals surface area contributed by atoms with E-state index in [-0.39, 0.29) is 23.0 Å². The van der Waals surface area contributed by atoms with Crippen molar-refractivity contribution in [3.05, 3.63) is 74.6 Å². The van der Waals surface area contributed by atoms with Gasteiger partial charge in [-0.2, -0.15) is 0 Å². The van der Waals surface area contributed by atoms with E-state index >= 15 is 0 Å². The molecule has 25 heavy (non-hydrogen) atoms. The Bertz CT molecular complexity index is 1060. The molecule has 7 nitrogen and oxygen atoms in total. The van der Waals surface area contributed by atoms with Crippen LogP contribution in [0.4, 0.5) is 0 Å². The van der Waals surface area contributed by atoms with E-state index < -0.39 is 11.2 Å².